The average molecular weight is 282 g/mol. The maximum Gasteiger partial charge on any atom is 0.231 e. The van der Waals surface area contributed by atoms with Crippen molar-refractivity contribution in [3.05, 3.63) is 35.4 Å². The summed E-state index contributed by atoms with van der Waals surface area (Å²) in [6.07, 6.45) is 0.581. The van der Waals surface area contributed by atoms with Crippen LogP contribution >= 0.6 is 0 Å². The summed E-state index contributed by atoms with van der Waals surface area (Å²) in [5.74, 6) is -0.229. The van der Waals surface area contributed by atoms with Crippen molar-refractivity contribution in [2.45, 2.75) is 25.3 Å². The second kappa shape index (κ2) is 7.42. The van der Waals surface area contributed by atoms with E-state index in [1.807, 2.05) is 24.3 Å². The largest absolute Gasteiger partial charge is 0.340 e. The normalized spacial score (nSPS) is 16.4. The summed E-state index contributed by atoms with van der Waals surface area (Å²) in [7, 11) is 0. The second-order valence-corrected chi connectivity index (χ2v) is 5.02. The lowest BCUT2D eigenvalue weighted by Gasteiger charge is -2.30. The Hall–Kier alpha value is -2.37. The van der Waals surface area contributed by atoms with Gasteiger partial charge in [0.2, 0.25) is 5.91 Å². The third kappa shape index (κ3) is 3.59. The van der Waals surface area contributed by atoms with Gasteiger partial charge < -0.3 is 10.2 Å². The van der Waals surface area contributed by atoms with Crippen molar-refractivity contribution in [2.24, 2.45) is 0 Å². The van der Waals surface area contributed by atoms with Crippen LogP contribution in [-0.4, -0.2) is 30.4 Å². The van der Waals surface area contributed by atoms with Crippen LogP contribution in [0.5, 0.6) is 0 Å². The van der Waals surface area contributed by atoms with Gasteiger partial charge in [0.25, 0.3) is 0 Å². The van der Waals surface area contributed by atoms with Crippen LogP contribution in [0.4, 0.5) is 0 Å². The molecular formula is C16H18N4O. The van der Waals surface area contributed by atoms with Crippen LogP contribution in [0.15, 0.2) is 24.3 Å². The van der Waals surface area contributed by atoms with Gasteiger partial charge in [-0.25, -0.2) is 0 Å². The van der Waals surface area contributed by atoms with Crippen molar-refractivity contribution < 1.29 is 4.79 Å². The van der Waals surface area contributed by atoms with Gasteiger partial charge in [0.05, 0.1) is 30.9 Å². The van der Waals surface area contributed by atoms with Gasteiger partial charge in [-0.1, -0.05) is 24.3 Å². The van der Waals surface area contributed by atoms with Crippen molar-refractivity contribution in [2.75, 3.05) is 19.6 Å². The summed E-state index contributed by atoms with van der Waals surface area (Å²) in [4.78, 5) is 14.4. The zero-order valence-electron chi connectivity index (χ0n) is 11.9. The van der Waals surface area contributed by atoms with Gasteiger partial charge in [-0.3, -0.25) is 4.79 Å². The molecule has 1 amide bonds. The number of carbonyl (C=O) groups is 1. The molecule has 0 aliphatic carbocycles. The molecule has 5 nitrogen and oxygen atoms in total. The molecule has 0 bridgehead atoms. The number of benzene rings is 1. The van der Waals surface area contributed by atoms with Gasteiger partial charge in [0, 0.05) is 26.2 Å². The fourth-order valence-electron chi connectivity index (χ4n) is 2.64. The molecule has 0 aromatic heterocycles. The van der Waals surface area contributed by atoms with E-state index in [-0.39, 0.29) is 11.8 Å². The van der Waals surface area contributed by atoms with Crippen molar-refractivity contribution in [1.29, 1.82) is 10.5 Å². The summed E-state index contributed by atoms with van der Waals surface area (Å²) in [5.41, 5.74) is 2.20. The van der Waals surface area contributed by atoms with E-state index in [4.69, 9.17) is 10.5 Å². The molecule has 1 N–H and O–H groups in total. The molecule has 1 aliphatic rings. The van der Waals surface area contributed by atoms with Crippen molar-refractivity contribution >= 4 is 5.91 Å². The molecule has 0 saturated carbocycles. The van der Waals surface area contributed by atoms with E-state index < -0.39 is 0 Å². The maximum atomic E-state index is 12.7. The topological polar surface area (TPSA) is 79.9 Å². The number of fused-ring (bicyclic) bond motifs is 1. The predicted molar refractivity (Wildman–Crippen MR) is 77.9 cm³/mol. The Morgan fingerprint density at radius 3 is 2.57 bits per heavy atom. The summed E-state index contributed by atoms with van der Waals surface area (Å²) in [6.45, 7) is 2.15. The number of hydrogen-bond acceptors (Lipinski definition) is 4. The molecule has 1 aromatic rings. The maximum absolute atomic E-state index is 12.7. The Morgan fingerprint density at radius 2 is 1.90 bits per heavy atom. The molecular weight excluding hydrogens is 264 g/mol. The minimum Gasteiger partial charge on any atom is -0.340 e. The van der Waals surface area contributed by atoms with Gasteiger partial charge in [-0.15, -0.1) is 0 Å². The first-order valence-electron chi connectivity index (χ1n) is 7.09. The van der Waals surface area contributed by atoms with Crippen LogP contribution in [0, 0.1) is 22.7 Å². The number of nitrogens with one attached hydrogen (secondary N) is 1. The van der Waals surface area contributed by atoms with Crippen molar-refractivity contribution in [3.63, 3.8) is 0 Å². The molecule has 1 heterocycles. The smallest absolute Gasteiger partial charge is 0.231 e. The number of nitrogens with zero attached hydrogens (tertiary/aromatic N) is 3. The SMILES string of the molecule is N#CCCN(CCC#N)C(=O)C1CNCc2ccccc21. The van der Waals surface area contributed by atoms with Crippen molar-refractivity contribution in [1.82, 2.24) is 10.2 Å². The minimum atomic E-state index is -0.229. The molecule has 0 saturated heterocycles. The molecule has 108 valence electrons. The standard InChI is InChI=1S/C16H18N4O/c17-7-3-9-20(10-4-8-18)16(21)15-12-19-11-13-5-1-2-6-14(13)15/h1-2,5-6,15,19H,3-4,9-12H2. The van der Waals surface area contributed by atoms with E-state index in [0.29, 0.717) is 32.5 Å². The van der Waals surface area contributed by atoms with Gasteiger partial charge >= 0.3 is 0 Å². The number of nitriles is 2. The fraction of sp³-hybridized carbons (Fsp3) is 0.438. The Kier molecular flexibility index (Phi) is 5.31. The average Bonchev–Trinajstić information content (AvgIpc) is 2.54. The van der Waals surface area contributed by atoms with E-state index in [9.17, 15) is 4.79 Å². The van der Waals surface area contributed by atoms with Crippen LogP contribution in [-0.2, 0) is 11.3 Å². The number of carbonyl (C=O) groups excluding carboxylic acids is 1. The Balaban J connectivity index is 2.17. The first-order chi connectivity index (χ1) is 10.3. The molecule has 0 radical (unpaired) electrons. The van der Waals surface area contributed by atoms with E-state index in [1.54, 1.807) is 4.90 Å². The molecule has 1 aliphatic heterocycles. The molecule has 1 aromatic carbocycles. The first kappa shape index (κ1) is 15.0. The molecule has 5 heteroatoms. The van der Waals surface area contributed by atoms with E-state index >= 15 is 0 Å². The lowest BCUT2D eigenvalue weighted by Crippen LogP contribution is -2.42. The summed E-state index contributed by atoms with van der Waals surface area (Å²) in [5, 5.41) is 20.7. The van der Waals surface area contributed by atoms with Gasteiger partial charge in [0.1, 0.15) is 0 Å². The summed E-state index contributed by atoms with van der Waals surface area (Å²) < 4.78 is 0. The number of amides is 1. The number of rotatable bonds is 5. The van der Waals surface area contributed by atoms with Gasteiger partial charge in [-0.05, 0) is 11.1 Å². The molecule has 21 heavy (non-hydrogen) atoms. The molecule has 2 rings (SSSR count). The molecule has 1 unspecified atom stereocenters. The molecule has 1 atom stereocenters. The first-order valence-corrected chi connectivity index (χ1v) is 7.09. The molecule has 0 fully saturated rings. The Labute approximate surface area is 124 Å². The Morgan fingerprint density at radius 1 is 1.24 bits per heavy atom. The van der Waals surface area contributed by atoms with Gasteiger partial charge in [0.15, 0.2) is 0 Å². The highest BCUT2D eigenvalue weighted by Gasteiger charge is 2.29. The zero-order valence-corrected chi connectivity index (χ0v) is 11.9. The lowest BCUT2D eigenvalue weighted by molar-refractivity contribution is -0.132. The summed E-state index contributed by atoms with van der Waals surface area (Å²) >= 11 is 0. The van der Waals surface area contributed by atoms with E-state index in [2.05, 4.69) is 17.5 Å². The van der Waals surface area contributed by atoms with Crippen LogP contribution in [0.2, 0.25) is 0 Å². The predicted octanol–water partition coefficient (Wildman–Crippen LogP) is 1.53. The van der Waals surface area contributed by atoms with Gasteiger partial charge in [-0.2, -0.15) is 10.5 Å². The lowest BCUT2D eigenvalue weighted by atomic mass is 9.89. The highest BCUT2D eigenvalue weighted by atomic mass is 16.2. The monoisotopic (exact) mass is 282 g/mol. The third-order valence-corrected chi connectivity index (χ3v) is 3.69. The van der Waals surface area contributed by atoms with E-state index in [0.717, 1.165) is 17.7 Å². The van der Waals surface area contributed by atoms with Crippen LogP contribution in [0.1, 0.15) is 29.9 Å². The molecule has 0 spiro atoms. The zero-order chi connectivity index (χ0) is 15.1. The highest BCUT2D eigenvalue weighted by molar-refractivity contribution is 5.84. The third-order valence-electron chi connectivity index (χ3n) is 3.69. The van der Waals surface area contributed by atoms with Crippen molar-refractivity contribution in [3.8, 4) is 12.1 Å². The van der Waals surface area contributed by atoms with E-state index in [1.165, 1.54) is 0 Å². The van der Waals surface area contributed by atoms with Crippen LogP contribution in [0.25, 0.3) is 0 Å². The van der Waals surface area contributed by atoms with Crippen LogP contribution in [0.3, 0.4) is 0 Å². The number of hydrogen-bond donors (Lipinski definition) is 1. The summed E-state index contributed by atoms with van der Waals surface area (Å²) in [6, 6.07) is 12.0. The van der Waals surface area contributed by atoms with Crippen LogP contribution < -0.4 is 5.32 Å². The fourth-order valence-corrected chi connectivity index (χ4v) is 2.64. The minimum absolute atomic E-state index is 0.000139. The Bertz CT molecular complexity index is 567. The quantitative estimate of drug-likeness (QED) is 0.888. The highest BCUT2D eigenvalue weighted by Crippen LogP contribution is 2.25. The second-order valence-electron chi connectivity index (χ2n) is 5.02.